The number of para-hydroxylation sites is 1. The highest BCUT2D eigenvalue weighted by Gasteiger charge is 2.20. The molecule has 0 unspecified atom stereocenters. The lowest BCUT2D eigenvalue weighted by atomic mass is 10.2. The minimum atomic E-state index is -0.435. The quantitative estimate of drug-likeness (QED) is 0.649. The van der Waals surface area contributed by atoms with Crippen LogP contribution < -0.4 is 10.1 Å². The average molecular weight is 279 g/mol. The zero-order valence-corrected chi connectivity index (χ0v) is 11.1. The van der Waals surface area contributed by atoms with Crippen LogP contribution in [-0.2, 0) is 6.54 Å². The summed E-state index contributed by atoms with van der Waals surface area (Å²) in [5.74, 6) is 0.275. The fourth-order valence-electron chi connectivity index (χ4n) is 1.64. The highest BCUT2D eigenvalue weighted by Crippen LogP contribution is 2.34. The molecule has 1 heterocycles. The number of aromatic nitrogens is 1. The molecule has 0 spiro atoms. The summed E-state index contributed by atoms with van der Waals surface area (Å²) in [4.78, 5) is 14.8. The second-order valence-corrected chi connectivity index (χ2v) is 4.60. The van der Waals surface area contributed by atoms with Gasteiger partial charge in [0.25, 0.3) is 0 Å². The van der Waals surface area contributed by atoms with Crippen LogP contribution in [0.2, 0.25) is 0 Å². The molecule has 0 aliphatic carbocycles. The molecule has 0 saturated carbocycles. The molecule has 2 aromatic rings. The van der Waals surface area contributed by atoms with Crippen molar-refractivity contribution in [3.63, 3.8) is 0 Å². The fourth-order valence-corrected chi connectivity index (χ4v) is 2.19. The molecule has 7 heteroatoms. The zero-order chi connectivity index (χ0) is 13.7. The van der Waals surface area contributed by atoms with Crippen LogP contribution in [0.3, 0.4) is 0 Å². The number of rotatable bonds is 6. The van der Waals surface area contributed by atoms with Crippen molar-refractivity contribution >= 4 is 22.7 Å². The molecule has 1 N–H and O–H groups in total. The van der Waals surface area contributed by atoms with Crippen LogP contribution >= 0.6 is 11.3 Å². The molecular weight excluding hydrogens is 266 g/mol. The lowest BCUT2D eigenvalue weighted by Crippen LogP contribution is -2.04. The Labute approximate surface area is 114 Å². The maximum atomic E-state index is 11.2. The Balaban J connectivity index is 2.23. The molecule has 0 fully saturated rings. The molecule has 0 atom stereocenters. The number of hydrogen-bond acceptors (Lipinski definition) is 6. The van der Waals surface area contributed by atoms with Crippen molar-refractivity contribution < 1.29 is 9.66 Å². The van der Waals surface area contributed by atoms with Crippen molar-refractivity contribution in [1.29, 1.82) is 0 Å². The van der Waals surface area contributed by atoms with Gasteiger partial charge < -0.3 is 10.1 Å². The highest BCUT2D eigenvalue weighted by molar-refractivity contribution is 7.09. The number of nitrogens with zero attached hydrogens (tertiary/aromatic N) is 2. The minimum absolute atomic E-state index is 0.0408. The van der Waals surface area contributed by atoms with Gasteiger partial charge in [0, 0.05) is 11.6 Å². The monoisotopic (exact) mass is 279 g/mol. The summed E-state index contributed by atoms with van der Waals surface area (Å²) in [6.07, 6.45) is 1.70. The van der Waals surface area contributed by atoms with E-state index in [0.29, 0.717) is 18.8 Å². The van der Waals surface area contributed by atoms with Crippen LogP contribution in [0.15, 0.2) is 29.8 Å². The third-order valence-electron chi connectivity index (χ3n) is 2.39. The Morgan fingerprint density at radius 1 is 1.53 bits per heavy atom. The van der Waals surface area contributed by atoms with Gasteiger partial charge in [0.1, 0.15) is 10.7 Å². The van der Waals surface area contributed by atoms with Gasteiger partial charge in [0.15, 0.2) is 5.75 Å². The molecule has 0 radical (unpaired) electrons. The summed E-state index contributed by atoms with van der Waals surface area (Å²) >= 11 is 1.50. The van der Waals surface area contributed by atoms with Gasteiger partial charge in [-0.1, -0.05) is 6.07 Å². The molecule has 19 heavy (non-hydrogen) atoms. The van der Waals surface area contributed by atoms with Gasteiger partial charge in [-0.3, -0.25) is 10.1 Å². The first-order chi connectivity index (χ1) is 9.22. The first-order valence-corrected chi connectivity index (χ1v) is 6.62. The second-order valence-electron chi connectivity index (χ2n) is 3.62. The number of ether oxygens (including phenoxy) is 1. The summed E-state index contributed by atoms with van der Waals surface area (Å²) in [5, 5.41) is 16.9. The smallest absolute Gasteiger partial charge is 0.333 e. The van der Waals surface area contributed by atoms with E-state index in [2.05, 4.69) is 10.3 Å². The summed E-state index contributed by atoms with van der Waals surface area (Å²) < 4.78 is 5.28. The lowest BCUT2D eigenvalue weighted by Gasteiger charge is -2.09. The summed E-state index contributed by atoms with van der Waals surface area (Å²) in [5.41, 5.74) is 0.395. The Morgan fingerprint density at radius 2 is 2.37 bits per heavy atom. The molecule has 0 bridgehead atoms. The Morgan fingerprint density at radius 3 is 3.00 bits per heavy atom. The number of nitro benzene ring substituents is 1. The maximum Gasteiger partial charge on any atom is 0.333 e. The largest absolute Gasteiger partial charge is 0.487 e. The molecular formula is C12H13N3O3S. The number of nitrogens with one attached hydrogen (secondary N) is 1. The standard InChI is InChI=1S/C12H13N3O3S/c1-2-18-10-5-3-4-9(12(10)15(16)17)14-8-11-13-6-7-19-11/h3-7,14H,2,8H2,1H3. The Bertz CT molecular complexity index is 557. The molecule has 1 aromatic carbocycles. The van der Waals surface area contributed by atoms with Crippen molar-refractivity contribution in [2.24, 2.45) is 0 Å². The van der Waals surface area contributed by atoms with E-state index in [9.17, 15) is 10.1 Å². The summed E-state index contributed by atoms with van der Waals surface area (Å²) in [6, 6.07) is 4.98. The highest BCUT2D eigenvalue weighted by atomic mass is 32.1. The van der Waals surface area contributed by atoms with Gasteiger partial charge in [0.2, 0.25) is 0 Å². The number of thiazole rings is 1. The van der Waals surface area contributed by atoms with Crippen LogP contribution in [-0.4, -0.2) is 16.5 Å². The van der Waals surface area contributed by atoms with Crippen molar-refractivity contribution in [1.82, 2.24) is 4.98 Å². The zero-order valence-electron chi connectivity index (χ0n) is 10.3. The van der Waals surface area contributed by atoms with E-state index in [1.54, 1.807) is 31.3 Å². The predicted molar refractivity (Wildman–Crippen MR) is 73.7 cm³/mol. The van der Waals surface area contributed by atoms with Gasteiger partial charge in [-0.05, 0) is 19.1 Å². The van der Waals surface area contributed by atoms with Gasteiger partial charge in [-0.15, -0.1) is 11.3 Å². The van der Waals surface area contributed by atoms with Gasteiger partial charge in [-0.25, -0.2) is 4.98 Å². The number of benzene rings is 1. The topological polar surface area (TPSA) is 77.3 Å². The van der Waals surface area contributed by atoms with Crippen LogP contribution in [0.1, 0.15) is 11.9 Å². The Kier molecular flexibility index (Phi) is 4.30. The third kappa shape index (κ3) is 3.19. The van der Waals surface area contributed by atoms with E-state index in [4.69, 9.17) is 4.74 Å². The average Bonchev–Trinajstić information content (AvgIpc) is 2.89. The van der Waals surface area contributed by atoms with E-state index >= 15 is 0 Å². The van der Waals surface area contributed by atoms with Gasteiger partial charge in [-0.2, -0.15) is 0 Å². The Hall–Kier alpha value is -2.15. The second kappa shape index (κ2) is 6.14. The lowest BCUT2D eigenvalue weighted by molar-refractivity contribution is -0.384. The van der Waals surface area contributed by atoms with Crippen LogP contribution in [0.5, 0.6) is 5.75 Å². The summed E-state index contributed by atoms with van der Waals surface area (Å²) in [6.45, 7) is 2.63. The first kappa shape index (κ1) is 13.3. The summed E-state index contributed by atoms with van der Waals surface area (Å²) in [7, 11) is 0. The van der Waals surface area contributed by atoms with E-state index in [-0.39, 0.29) is 11.4 Å². The molecule has 100 valence electrons. The van der Waals surface area contributed by atoms with Gasteiger partial charge >= 0.3 is 5.69 Å². The predicted octanol–water partition coefficient (Wildman–Crippen LogP) is 3.06. The van der Waals surface area contributed by atoms with Crippen molar-refractivity contribution in [2.75, 3.05) is 11.9 Å². The number of hydrogen-bond donors (Lipinski definition) is 1. The molecule has 0 saturated heterocycles. The van der Waals surface area contributed by atoms with Crippen molar-refractivity contribution in [3.8, 4) is 5.75 Å². The normalized spacial score (nSPS) is 10.2. The van der Waals surface area contributed by atoms with Crippen molar-refractivity contribution in [3.05, 3.63) is 44.9 Å². The SMILES string of the molecule is CCOc1cccc(NCc2nccs2)c1[N+](=O)[O-]. The third-order valence-corrected chi connectivity index (χ3v) is 3.17. The van der Waals surface area contributed by atoms with E-state index in [1.807, 2.05) is 5.38 Å². The number of nitro groups is 1. The van der Waals surface area contributed by atoms with Crippen molar-refractivity contribution in [2.45, 2.75) is 13.5 Å². The van der Waals surface area contributed by atoms with E-state index in [0.717, 1.165) is 5.01 Å². The number of anilines is 1. The van der Waals surface area contributed by atoms with Crippen LogP contribution in [0, 0.1) is 10.1 Å². The maximum absolute atomic E-state index is 11.2. The molecule has 1 aromatic heterocycles. The molecule has 0 amide bonds. The molecule has 6 nitrogen and oxygen atoms in total. The molecule has 0 aliphatic heterocycles. The van der Waals surface area contributed by atoms with Crippen LogP contribution in [0.4, 0.5) is 11.4 Å². The van der Waals surface area contributed by atoms with Gasteiger partial charge in [0.05, 0.1) is 18.1 Å². The van der Waals surface area contributed by atoms with E-state index in [1.165, 1.54) is 11.3 Å². The van der Waals surface area contributed by atoms with E-state index < -0.39 is 4.92 Å². The first-order valence-electron chi connectivity index (χ1n) is 5.74. The molecule has 2 rings (SSSR count). The molecule has 0 aliphatic rings. The fraction of sp³-hybridized carbons (Fsp3) is 0.250. The van der Waals surface area contributed by atoms with Crippen LogP contribution in [0.25, 0.3) is 0 Å². The minimum Gasteiger partial charge on any atom is -0.487 e.